The molecule has 2 saturated heterocycles. The maximum atomic E-state index is 13.3. The van der Waals surface area contributed by atoms with Gasteiger partial charge in [-0.25, -0.2) is 8.42 Å². The predicted octanol–water partition coefficient (Wildman–Crippen LogP) is 2.94. The Morgan fingerprint density at radius 1 is 0.949 bits per heavy atom. The molecule has 2 fully saturated rings. The van der Waals surface area contributed by atoms with Crippen molar-refractivity contribution in [3.8, 4) is 0 Å². The minimum absolute atomic E-state index is 0.0510. The number of hydrogen-bond acceptors (Lipinski definition) is 6. The van der Waals surface area contributed by atoms with E-state index in [2.05, 4.69) is 39.5 Å². The van der Waals surface area contributed by atoms with E-state index in [4.69, 9.17) is 0 Å². The Kier molecular flexibility index (Phi) is 8.38. The average Bonchev–Trinajstić information content (AvgIpc) is 3.31. The molecule has 3 heterocycles. The first-order valence-electron chi connectivity index (χ1n) is 13.4. The van der Waals surface area contributed by atoms with Crippen LogP contribution in [0.3, 0.4) is 0 Å². The molecule has 0 aliphatic carbocycles. The van der Waals surface area contributed by atoms with Crippen molar-refractivity contribution in [1.29, 1.82) is 0 Å². The fourth-order valence-corrected chi connectivity index (χ4v) is 7.55. The van der Waals surface area contributed by atoms with E-state index in [1.54, 1.807) is 24.5 Å². The van der Waals surface area contributed by atoms with Gasteiger partial charge in [0.1, 0.15) is 0 Å². The van der Waals surface area contributed by atoms with Gasteiger partial charge in [0, 0.05) is 51.0 Å². The van der Waals surface area contributed by atoms with Crippen molar-refractivity contribution in [3.63, 3.8) is 0 Å². The van der Waals surface area contributed by atoms with Crippen molar-refractivity contribution in [2.24, 2.45) is 5.92 Å². The molecule has 0 bridgehead atoms. The zero-order chi connectivity index (χ0) is 27.2. The summed E-state index contributed by atoms with van der Waals surface area (Å²) in [7, 11) is -3.04. The van der Waals surface area contributed by atoms with Gasteiger partial charge in [0.15, 0.2) is 9.84 Å². The van der Waals surface area contributed by atoms with Gasteiger partial charge >= 0.3 is 0 Å². The van der Waals surface area contributed by atoms with Crippen LogP contribution in [0.5, 0.6) is 0 Å². The maximum Gasteiger partial charge on any atom is 0.255 e. The monoisotopic (exact) mass is 546 g/mol. The van der Waals surface area contributed by atoms with Gasteiger partial charge in [-0.15, -0.1) is 0 Å². The standard InChI is InChI=1S/C30H34N4O4S/c35-28(18-23-13-17-39(37,38)22-23)32-20-27-21-33(30(36)26-12-7-14-31-19-26)15-16-34(27)29(24-8-3-1-4-9-24)25-10-5-2-6-11-25/h1-12,14,19,23,27,29H,13,15-18,20-22H2,(H,32,35). The van der Waals surface area contributed by atoms with Crippen molar-refractivity contribution < 1.29 is 18.0 Å². The Balaban J connectivity index is 1.38. The second kappa shape index (κ2) is 12.1. The van der Waals surface area contributed by atoms with Crippen LogP contribution in [0, 0.1) is 5.92 Å². The van der Waals surface area contributed by atoms with Gasteiger partial charge in [0.25, 0.3) is 5.91 Å². The van der Waals surface area contributed by atoms with Crippen molar-refractivity contribution in [3.05, 3.63) is 102 Å². The third-order valence-corrected chi connectivity index (χ3v) is 9.46. The van der Waals surface area contributed by atoms with Gasteiger partial charge in [-0.2, -0.15) is 0 Å². The number of amides is 2. The Morgan fingerprint density at radius 3 is 2.23 bits per heavy atom. The first-order valence-corrected chi connectivity index (χ1v) is 15.2. The summed E-state index contributed by atoms with van der Waals surface area (Å²) in [5.41, 5.74) is 2.82. The van der Waals surface area contributed by atoms with Gasteiger partial charge < -0.3 is 10.2 Å². The summed E-state index contributed by atoms with van der Waals surface area (Å²) < 4.78 is 23.7. The smallest absolute Gasteiger partial charge is 0.255 e. The van der Waals surface area contributed by atoms with Crippen molar-refractivity contribution in [2.45, 2.75) is 24.9 Å². The topological polar surface area (TPSA) is 99.7 Å². The average molecular weight is 547 g/mol. The molecule has 8 nitrogen and oxygen atoms in total. The van der Waals surface area contributed by atoms with E-state index in [-0.39, 0.29) is 47.7 Å². The highest BCUT2D eigenvalue weighted by Crippen LogP contribution is 2.32. The Hall–Kier alpha value is -3.56. The van der Waals surface area contributed by atoms with Gasteiger partial charge in [0.05, 0.1) is 23.1 Å². The zero-order valence-corrected chi connectivity index (χ0v) is 22.7. The summed E-state index contributed by atoms with van der Waals surface area (Å²) in [6.07, 6.45) is 3.96. The first-order chi connectivity index (χ1) is 18.9. The lowest BCUT2D eigenvalue weighted by Gasteiger charge is -2.45. The number of hydrogen-bond donors (Lipinski definition) is 1. The summed E-state index contributed by atoms with van der Waals surface area (Å²) in [4.78, 5) is 34.5. The molecule has 39 heavy (non-hydrogen) atoms. The normalized spacial score (nSPS) is 21.1. The number of carbonyl (C=O) groups excluding carboxylic acids is 2. The molecule has 3 aromatic rings. The van der Waals surface area contributed by atoms with E-state index in [9.17, 15) is 18.0 Å². The molecule has 1 N–H and O–H groups in total. The Bertz CT molecular complexity index is 1330. The molecule has 2 amide bonds. The molecule has 9 heteroatoms. The summed E-state index contributed by atoms with van der Waals surface area (Å²) in [6, 6.07) is 23.9. The van der Waals surface area contributed by atoms with E-state index in [1.165, 1.54) is 0 Å². The van der Waals surface area contributed by atoms with Crippen LogP contribution in [-0.2, 0) is 14.6 Å². The van der Waals surface area contributed by atoms with E-state index in [0.717, 1.165) is 11.1 Å². The number of nitrogens with zero attached hydrogens (tertiary/aromatic N) is 3. The molecule has 0 radical (unpaired) electrons. The fourth-order valence-electron chi connectivity index (χ4n) is 5.69. The molecular formula is C30H34N4O4S. The van der Waals surface area contributed by atoms with Gasteiger partial charge in [-0.1, -0.05) is 60.7 Å². The predicted molar refractivity (Wildman–Crippen MR) is 150 cm³/mol. The lowest BCUT2D eigenvalue weighted by Crippen LogP contribution is -2.59. The number of piperazine rings is 1. The molecule has 2 aromatic carbocycles. The van der Waals surface area contributed by atoms with Crippen LogP contribution in [0.15, 0.2) is 85.2 Å². The number of nitrogens with one attached hydrogen (secondary N) is 1. The van der Waals surface area contributed by atoms with Crippen LogP contribution in [0.1, 0.15) is 40.4 Å². The molecule has 0 saturated carbocycles. The SMILES string of the molecule is O=C(CC1CCS(=O)(=O)C1)NCC1CN(C(=O)c2cccnc2)CCN1C(c1ccccc1)c1ccccc1. The Morgan fingerprint density at radius 2 is 1.64 bits per heavy atom. The van der Waals surface area contributed by atoms with Crippen LogP contribution in [0.4, 0.5) is 0 Å². The van der Waals surface area contributed by atoms with Gasteiger partial charge in [0.2, 0.25) is 5.91 Å². The summed E-state index contributed by atoms with van der Waals surface area (Å²) >= 11 is 0. The molecule has 2 aliphatic rings. The highest BCUT2D eigenvalue weighted by molar-refractivity contribution is 7.91. The molecule has 2 atom stereocenters. The lowest BCUT2D eigenvalue weighted by atomic mass is 9.94. The summed E-state index contributed by atoms with van der Waals surface area (Å²) in [5.74, 6) is -0.131. The number of rotatable bonds is 8. The molecule has 1 aromatic heterocycles. The largest absolute Gasteiger partial charge is 0.354 e. The minimum atomic E-state index is -3.04. The van der Waals surface area contributed by atoms with Crippen LogP contribution < -0.4 is 5.32 Å². The van der Waals surface area contributed by atoms with E-state index >= 15 is 0 Å². The van der Waals surface area contributed by atoms with Crippen molar-refractivity contribution >= 4 is 21.7 Å². The second-order valence-corrected chi connectivity index (χ2v) is 12.6. The molecule has 0 spiro atoms. The first kappa shape index (κ1) is 27.0. The quantitative estimate of drug-likeness (QED) is 0.467. The number of pyridine rings is 1. The van der Waals surface area contributed by atoms with E-state index in [1.807, 2.05) is 41.3 Å². The van der Waals surface area contributed by atoms with Crippen molar-refractivity contribution in [2.75, 3.05) is 37.7 Å². The zero-order valence-electron chi connectivity index (χ0n) is 21.9. The minimum Gasteiger partial charge on any atom is -0.354 e. The van der Waals surface area contributed by atoms with Crippen LogP contribution in [-0.4, -0.2) is 78.7 Å². The highest BCUT2D eigenvalue weighted by atomic mass is 32.2. The summed E-state index contributed by atoms with van der Waals surface area (Å²) in [5, 5.41) is 3.07. The highest BCUT2D eigenvalue weighted by Gasteiger charge is 2.36. The number of sulfone groups is 1. The third kappa shape index (κ3) is 6.72. The van der Waals surface area contributed by atoms with Crippen LogP contribution >= 0.6 is 0 Å². The van der Waals surface area contributed by atoms with Crippen LogP contribution in [0.2, 0.25) is 0 Å². The molecule has 2 unspecified atom stereocenters. The third-order valence-electron chi connectivity index (χ3n) is 7.62. The van der Waals surface area contributed by atoms with Gasteiger partial charge in [-0.05, 0) is 35.6 Å². The molecule has 5 rings (SSSR count). The molecular weight excluding hydrogens is 512 g/mol. The lowest BCUT2D eigenvalue weighted by molar-refractivity contribution is -0.122. The van der Waals surface area contributed by atoms with E-state index < -0.39 is 9.84 Å². The second-order valence-electron chi connectivity index (χ2n) is 10.4. The van der Waals surface area contributed by atoms with E-state index in [0.29, 0.717) is 38.2 Å². The molecule has 204 valence electrons. The number of aromatic nitrogens is 1. The number of carbonyl (C=O) groups is 2. The summed E-state index contributed by atoms with van der Waals surface area (Å²) in [6.45, 7) is 1.98. The fraction of sp³-hybridized carbons (Fsp3) is 0.367. The molecule has 2 aliphatic heterocycles. The Labute approximate surface area is 230 Å². The van der Waals surface area contributed by atoms with Gasteiger partial charge in [-0.3, -0.25) is 19.5 Å². The van der Waals surface area contributed by atoms with Crippen molar-refractivity contribution in [1.82, 2.24) is 20.1 Å². The van der Waals surface area contributed by atoms with Crippen LogP contribution in [0.25, 0.3) is 0 Å². The number of benzene rings is 2. The maximum absolute atomic E-state index is 13.3.